The quantitative estimate of drug-likeness (QED) is 0.337. The number of anilines is 2. The molecule has 0 radical (unpaired) electrons. The minimum atomic E-state index is -0.580. The molecular formula is C9H13N5O4. The first-order chi connectivity index (χ1) is 8.50. The van der Waals surface area contributed by atoms with Crippen molar-refractivity contribution in [3.63, 3.8) is 0 Å². The van der Waals surface area contributed by atoms with Crippen molar-refractivity contribution in [1.29, 1.82) is 0 Å². The Morgan fingerprint density at radius 3 is 2.89 bits per heavy atom. The third kappa shape index (κ3) is 4.22. The Morgan fingerprint density at radius 1 is 1.56 bits per heavy atom. The molecule has 0 aliphatic heterocycles. The summed E-state index contributed by atoms with van der Waals surface area (Å²) in [7, 11) is 0. The maximum atomic E-state index is 10.7. The number of hydrogen-bond acceptors (Lipinski definition) is 7. The van der Waals surface area contributed by atoms with Crippen LogP contribution in [0.4, 0.5) is 17.3 Å². The fourth-order valence-electron chi connectivity index (χ4n) is 1.16. The van der Waals surface area contributed by atoms with Crippen LogP contribution in [0, 0.1) is 10.1 Å². The van der Waals surface area contributed by atoms with E-state index >= 15 is 0 Å². The van der Waals surface area contributed by atoms with Crippen LogP contribution in [0.15, 0.2) is 12.1 Å². The molecule has 0 aliphatic carbocycles. The highest BCUT2D eigenvalue weighted by atomic mass is 16.6. The van der Waals surface area contributed by atoms with Crippen LogP contribution < -0.4 is 16.8 Å². The van der Waals surface area contributed by atoms with Gasteiger partial charge >= 0.3 is 5.69 Å². The van der Waals surface area contributed by atoms with Gasteiger partial charge in [-0.3, -0.25) is 14.9 Å². The maximum absolute atomic E-state index is 10.7. The first kappa shape index (κ1) is 13.6. The lowest BCUT2D eigenvalue weighted by Crippen LogP contribution is -2.21. The van der Waals surface area contributed by atoms with Crippen LogP contribution >= 0.6 is 0 Å². The lowest BCUT2D eigenvalue weighted by atomic mass is 10.3. The largest absolute Gasteiger partial charge is 0.384 e. The summed E-state index contributed by atoms with van der Waals surface area (Å²) in [5, 5.41) is 13.4. The number of ether oxygens (including phenoxy) is 1. The van der Waals surface area contributed by atoms with Crippen LogP contribution in [0.1, 0.15) is 0 Å². The molecule has 0 aromatic carbocycles. The molecule has 1 amide bonds. The standard InChI is InChI=1S/C9H13N5O4/c10-7-2-1-6(14(16)17)9(13-7)12-3-4-18-5-8(11)15/h1-2H,3-5H2,(H2,11,15)(H3,10,12,13). The van der Waals surface area contributed by atoms with Gasteiger partial charge < -0.3 is 21.5 Å². The smallest absolute Gasteiger partial charge is 0.311 e. The zero-order chi connectivity index (χ0) is 13.5. The monoisotopic (exact) mass is 255 g/mol. The number of nitro groups is 1. The Hall–Kier alpha value is -2.42. The van der Waals surface area contributed by atoms with Gasteiger partial charge in [-0.05, 0) is 6.07 Å². The Bertz CT molecular complexity index is 451. The summed E-state index contributed by atoms with van der Waals surface area (Å²) in [6.45, 7) is 0.204. The summed E-state index contributed by atoms with van der Waals surface area (Å²) in [6, 6.07) is 2.60. The van der Waals surface area contributed by atoms with Gasteiger partial charge in [-0.15, -0.1) is 0 Å². The molecule has 0 saturated carbocycles. The van der Waals surface area contributed by atoms with Crippen LogP contribution in [-0.4, -0.2) is 35.6 Å². The van der Waals surface area contributed by atoms with Crippen LogP contribution in [0.3, 0.4) is 0 Å². The number of nitrogens with one attached hydrogen (secondary N) is 1. The molecule has 98 valence electrons. The van der Waals surface area contributed by atoms with Crippen LogP contribution in [0.5, 0.6) is 0 Å². The average Bonchev–Trinajstić information content (AvgIpc) is 2.27. The number of primary amides is 1. The zero-order valence-electron chi connectivity index (χ0n) is 9.46. The minimum Gasteiger partial charge on any atom is -0.384 e. The number of nitrogen functional groups attached to an aromatic ring is 1. The minimum absolute atomic E-state index is 0.0580. The maximum Gasteiger partial charge on any atom is 0.311 e. The van der Waals surface area contributed by atoms with Crippen molar-refractivity contribution in [2.45, 2.75) is 0 Å². The number of nitrogens with two attached hydrogens (primary N) is 2. The van der Waals surface area contributed by atoms with E-state index in [1.807, 2.05) is 0 Å². The number of nitrogens with zero attached hydrogens (tertiary/aromatic N) is 2. The third-order valence-corrected chi connectivity index (χ3v) is 1.88. The summed E-state index contributed by atoms with van der Waals surface area (Å²) in [6.07, 6.45) is 0. The number of rotatable bonds is 7. The number of hydrogen-bond donors (Lipinski definition) is 3. The van der Waals surface area contributed by atoms with Crippen molar-refractivity contribution >= 4 is 23.2 Å². The second-order valence-electron chi connectivity index (χ2n) is 3.31. The fourth-order valence-corrected chi connectivity index (χ4v) is 1.16. The molecule has 0 bridgehead atoms. The SMILES string of the molecule is NC(=O)COCCNc1nc(N)ccc1[N+](=O)[O-]. The van der Waals surface area contributed by atoms with Gasteiger partial charge in [-0.2, -0.15) is 0 Å². The van der Waals surface area contributed by atoms with Crippen LogP contribution in [0.2, 0.25) is 0 Å². The summed E-state index contributed by atoms with van der Waals surface area (Å²) < 4.78 is 4.88. The van der Waals surface area contributed by atoms with Gasteiger partial charge in [-0.25, -0.2) is 4.98 Å². The molecule has 1 heterocycles. The Labute approximate surface area is 102 Å². The van der Waals surface area contributed by atoms with E-state index in [1.54, 1.807) is 0 Å². The normalized spacial score (nSPS) is 10.0. The number of carbonyl (C=O) groups excluding carboxylic acids is 1. The summed E-state index contributed by atoms with van der Waals surface area (Å²) >= 11 is 0. The average molecular weight is 255 g/mol. The molecule has 0 unspecified atom stereocenters. The molecule has 0 aliphatic rings. The highest BCUT2D eigenvalue weighted by Gasteiger charge is 2.14. The molecule has 0 fully saturated rings. The molecule has 0 spiro atoms. The van der Waals surface area contributed by atoms with E-state index in [-0.39, 0.29) is 37.1 Å². The van der Waals surface area contributed by atoms with E-state index < -0.39 is 10.8 Å². The second kappa shape index (κ2) is 6.35. The molecule has 1 aromatic heterocycles. The van der Waals surface area contributed by atoms with E-state index in [0.717, 1.165) is 0 Å². The van der Waals surface area contributed by atoms with E-state index in [9.17, 15) is 14.9 Å². The molecule has 0 atom stereocenters. The molecule has 9 heteroatoms. The molecular weight excluding hydrogens is 242 g/mol. The van der Waals surface area contributed by atoms with Crippen LogP contribution in [0.25, 0.3) is 0 Å². The molecule has 5 N–H and O–H groups in total. The predicted molar refractivity (Wildman–Crippen MR) is 63.8 cm³/mol. The zero-order valence-corrected chi connectivity index (χ0v) is 9.46. The number of amides is 1. The molecule has 9 nitrogen and oxygen atoms in total. The van der Waals surface area contributed by atoms with Crippen molar-refractivity contribution in [3.8, 4) is 0 Å². The number of carbonyl (C=O) groups is 1. The van der Waals surface area contributed by atoms with Crippen molar-refractivity contribution < 1.29 is 14.5 Å². The van der Waals surface area contributed by atoms with Gasteiger partial charge in [0.2, 0.25) is 11.7 Å². The molecule has 0 saturated heterocycles. The second-order valence-corrected chi connectivity index (χ2v) is 3.31. The first-order valence-electron chi connectivity index (χ1n) is 5.01. The lowest BCUT2D eigenvalue weighted by Gasteiger charge is -2.06. The van der Waals surface area contributed by atoms with Crippen molar-refractivity contribution in [3.05, 3.63) is 22.2 Å². The number of aromatic nitrogens is 1. The predicted octanol–water partition coefficient (Wildman–Crippen LogP) is -0.514. The Balaban J connectivity index is 2.53. The summed E-state index contributed by atoms with van der Waals surface area (Å²) in [5.74, 6) is -0.355. The van der Waals surface area contributed by atoms with Gasteiger partial charge in [0.1, 0.15) is 12.4 Å². The van der Waals surface area contributed by atoms with Crippen molar-refractivity contribution in [2.24, 2.45) is 5.73 Å². The first-order valence-corrected chi connectivity index (χ1v) is 5.01. The van der Waals surface area contributed by atoms with Gasteiger partial charge in [0.25, 0.3) is 0 Å². The van der Waals surface area contributed by atoms with Crippen molar-refractivity contribution in [1.82, 2.24) is 4.98 Å². The van der Waals surface area contributed by atoms with Gasteiger partial charge in [0.05, 0.1) is 11.5 Å². The highest BCUT2D eigenvalue weighted by molar-refractivity contribution is 5.74. The van der Waals surface area contributed by atoms with Crippen molar-refractivity contribution in [2.75, 3.05) is 30.8 Å². The summed E-state index contributed by atoms with van der Waals surface area (Å²) in [5.41, 5.74) is 10.1. The summed E-state index contributed by atoms with van der Waals surface area (Å²) in [4.78, 5) is 24.3. The van der Waals surface area contributed by atoms with E-state index in [4.69, 9.17) is 16.2 Å². The van der Waals surface area contributed by atoms with E-state index in [2.05, 4.69) is 10.3 Å². The highest BCUT2D eigenvalue weighted by Crippen LogP contribution is 2.22. The number of pyridine rings is 1. The Kier molecular flexibility index (Phi) is 4.81. The van der Waals surface area contributed by atoms with Crippen LogP contribution in [-0.2, 0) is 9.53 Å². The van der Waals surface area contributed by atoms with E-state index in [1.165, 1.54) is 12.1 Å². The topological polar surface area (TPSA) is 146 Å². The third-order valence-electron chi connectivity index (χ3n) is 1.88. The lowest BCUT2D eigenvalue weighted by molar-refractivity contribution is -0.384. The molecule has 1 aromatic rings. The van der Waals surface area contributed by atoms with E-state index in [0.29, 0.717) is 0 Å². The Morgan fingerprint density at radius 2 is 2.28 bits per heavy atom. The van der Waals surface area contributed by atoms with Gasteiger partial charge in [0, 0.05) is 12.6 Å². The fraction of sp³-hybridized carbons (Fsp3) is 0.333. The molecule has 18 heavy (non-hydrogen) atoms. The van der Waals surface area contributed by atoms with Gasteiger partial charge in [0.15, 0.2) is 0 Å². The molecule has 1 rings (SSSR count). The van der Waals surface area contributed by atoms with Gasteiger partial charge in [-0.1, -0.05) is 0 Å².